The lowest BCUT2D eigenvalue weighted by molar-refractivity contribution is 0.0699. The van der Waals surface area contributed by atoms with Crippen LogP contribution in [0.1, 0.15) is 23.2 Å². The van der Waals surface area contributed by atoms with E-state index in [1.807, 2.05) is 72.7 Å². The Kier molecular flexibility index (Phi) is 5.62. The number of hydrogen-bond donors (Lipinski definition) is 1. The Morgan fingerprint density at radius 1 is 1.14 bits per heavy atom. The molecule has 1 unspecified atom stereocenters. The average molecular weight is 390 g/mol. The molecule has 150 valence electrons. The predicted molar refractivity (Wildman–Crippen MR) is 114 cm³/mol. The van der Waals surface area contributed by atoms with Crippen LogP contribution >= 0.6 is 0 Å². The fourth-order valence-electron chi connectivity index (χ4n) is 3.85. The van der Waals surface area contributed by atoms with Crippen molar-refractivity contribution in [2.24, 2.45) is 0 Å². The maximum absolute atomic E-state index is 13.5. The molecule has 1 N–H and O–H groups in total. The van der Waals surface area contributed by atoms with Crippen molar-refractivity contribution in [3.63, 3.8) is 0 Å². The van der Waals surface area contributed by atoms with Crippen LogP contribution in [0.25, 0.3) is 16.9 Å². The zero-order valence-electron chi connectivity index (χ0n) is 16.8. The van der Waals surface area contributed by atoms with Crippen molar-refractivity contribution < 1.29 is 9.53 Å². The second kappa shape index (κ2) is 8.49. The molecule has 4 rings (SSSR count). The summed E-state index contributed by atoms with van der Waals surface area (Å²) in [6.07, 6.45) is 3.92. The van der Waals surface area contributed by atoms with Gasteiger partial charge >= 0.3 is 0 Å². The van der Waals surface area contributed by atoms with Gasteiger partial charge in [-0.3, -0.25) is 4.79 Å². The Morgan fingerprint density at radius 2 is 1.90 bits per heavy atom. The number of rotatable bonds is 5. The van der Waals surface area contributed by atoms with Gasteiger partial charge in [0.2, 0.25) is 0 Å². The smallest absolute Gasteiger partial charge is 0.257 e. The van der Waals surface area contributed by atoms with Crippen molar-refractivity contribution in [3.8, 4) is 22.7 Å². The van der Waals surface area contributed by atoms with Crippen molar-refractivity contribution in [1.29, 1.82) is 0 Å². The Balaban J connectivity index is 1.79. The summed E-state index contributed by atoms with van der Waals surface area (Å²) < 4.78 is 7.32. The number of ether oxygens (including phenoxy) is 1. The van der Waals surface area contributed by atoms with Crippen molar-refractivity contribution in [3.05, 3.63) is 66.4 Å². The summed E-state index contributed by atoms with van der Waals surface area (Å²) >= 11 is 0. The van der Waals surface area contributed by atoms with E-state index in [2.05, 4.69) is 5.32 Å². The van der Waals surface area contributed by atoms with Gasteiger partial charge in [-0.2, -0.15) is 5.10 Å². The average Bonchev–Trinajstić information content (AvgIpc) is 3.24. The van der Waals surface area contributed by atoms with Crippen LogP contribution in [0.15, 0.2) is 60.8 Å². The summed E-state index contributed by atoms with van der Waals surface area (Å²) in [6, 6.07) is 17.9. The van der Waals surface area contributed by atoms with Crippen molar-refractivity contribution >= 4 is 5.91 Å². The first-order valence-corrected chi connectivity index (χ1v) is 9.96. The molecule has 3 aromatic rings. The maximum Gasteiger partial charge on any atom is 0.257 e. The first-order chi connectivity index (χ1) is 14.2. The molecule has 1 amide bonds. The number of carbonyl (C=O) groups excluding carboxylic acids is 1. The topological polar surface area (TPSA) is 59.4 Å². The second-order valence-corrected chi connectivity index (χ2v) is 7.25. The van der Waals surface area contributed by atoms with E-state index in [1.54, 1.807) is 11.8 Å². The van der Waals surface area contributed by atoms with Crippen LogP contribution < -0.4 is 10.1 Å². The van der Waals surface area contributed by atoms with Crippen LogP contribution in [0.4, 0.5) is 0 Å². The molecule has 1 fully saturated rings. The first kappa shape index (κ1) is 19.2. The monoisotopic (exact) mass is 390 g/mol. The molecule has 29 heavy (non-hydrogen) atoms. The molecule has 1 saturated heterocycles. The fourth-order valence-corrected chi connectivity index (χ4v) is 3.85. The number of nitrogens with zero attached hydrogens (tertiary/aromatic N) is 3. The third-order valence-corrected chi connectivity index (χ3v) is 5.44. The van der Waals surface area contributed by atoms with Crippen LogP contribution in [0.3, 0.4) is 0 Å². The first-order valence-electron chi connectivity index (χ1n) is 9.96. The minimum atomic E-state index is 0.00744. The molecule has 2 aromatic carbocycles. The number of nitrogens with one attached hydrogen (secondary N) is 1. The van der Waals surface area contributed by atoms with Gasteiger partial charge in [0, 0.05) is 30.9 Å². The number of likely N-dealkylation sites (N-methyl/N-ethyl adjacent to an activating group) is 1. The molecule has 1 aromatic heterocycles. The molecule has 6 nitrogen and oxygen atoms in total. The third-order valence-electron chi connectivity index (χ3n) is 5.44. The zero-order valence-corrected chi connectivity index (χ0v) is 16.8. The Bertz CT molecular complexity index is 984. The lowest BCUT2D eigenvalue weighted by atomic mass is 10.0. The highest BCUT2D eigenvalue weighted by molar-refractivity contribution is 6.00. The van der Waals surface area contributed by atoms with E-state index in [1.165, 1.54) is 0 Å². The Morgan fingerprint density at radius 3 is 2.66 bits per heavy atom. The minimum Gasteiger partial charge on any atom is -0.496 e. The number of likely N-dealkylation sites (tertiary alicyclic amines) is 1. The summed E-state index contributed by atoms with van der Waals surface area (Å²) in [5, 5.41) is 8.09. The van der Waals surface area contributed by atoms with Crippen molar-refractivity contribution in [2.75, 3.05) is 27.2 Å². The molecule has 6 heteroatoms. The predicted octanol–water partition coefficient (Wildman–Crippen LogP) is 3.37. The number of amides is 1. The Hall–Kier alpha value is -3.12. The van der Waals surface area contributed by atoms with E-state index in [4.69, 9.17) is 9.84 Å². The zero-order chi connectivity index (χ0) is 20.2. The summed E-state index contributed by atoms with van der Waals surface area (Å²) in [6.45, 7) is 1.47. The van der Waals surface area contributed by atoms with Gasteiger partial charge < -0.3 is 15.0 Å². The highest BCUT2D eigenvalue weighted by Crippen LogP contribution is 2.32. The second-order valence-electron chi connectivity index (χ2n) is 7.25. The molecule has 0 aliphatic carbocycles. The molecule has 1 aliphatic rings. The van der Waals surface area contributed by atoms with E-state index in [-0.39, 0.29) is 5.91 Å². The van der Waals surface area contributed by atoms with E-state index >= 15 is 0 Å². The van der Waals surface area contributed by atoms with Gasteiger partial charge in [-0.15, -0.1) is 0 Å². The molecular weight excluding hydrogens is 364 g/mol. The highest BCUT2D eigenvalue weighted by atomic mass is 16.5. The largest absolute Gasteiger partial charge is 0.496 e. The van der Waals surface area contributed by atoms with E-state index in [0.29, 0.717) is 29.6 Å². The number of aromatic nitrogens is 2. The van der Waals surface area contributed by atoms with Crippen LogP contribution in [-0.2, 0) is 0 Å². The van der Waals surface area contributed by atoms with Gasteiger partial charge in [0.05, 0.1) is 18.4 Å². The lowest BCUT2D eigenvalue weighted by Gasteiger charge is -2.32. The normalized spacial score (nSPS) is 16.6. The van der Waals surface area contributed by atoms with Gasteiger partial charge in [0.1, 0.15) is 11.4 Å². The molecule has 0 radical (unpaired) electrons. The highest BCUT2D eigenvalue weighted by Gasteiger charge is 2.28. The van der Waals surface area contributed by atoms with Crippen LogP contribution in [0.2, 0.25) is 0 Å². The molecular formula is C23H26N4O2. The lowest BCUT2D eigenvalue weighted by Crippen LogP contribution is -2.47. The SMILES string of the molecule is CNC1CCCN(C(=O)c2cn(-c3ccccc3)nc2-c2ccccc2OC)C1. The van der Waals surface area contributed by atoms with E-state index in [9.17, 15) is 4.79 Å². The van der Waals surface area contributed by atoms with Crippen molar-refractivity contribution in [2.45, 2.75) is 18.9 Å². The van der Waals surface area contributed by atoms with Gasteiger partial charge in [-0.05, 0) is 44.2 Å². The standard InChI is InChI=1S/C23H26N4O2/c1-24-17-9-8-14-26(15-17)23(28)20-16-27(18-10-4-3-5-11-18)25-22(20)19-12-6-7-13-21(19)29-2/h3-7,10-13,16-17,24H,8-9,14-15H2,1-2H3. The number of carbonyl (C=O) groups is 1. The Labute approximate surface area is 171 Å². The number of piperidine rings is 1. The number of hydrogen-bond acceptors (Lipinski definition) is 4. The summed E-state index contributed by atoms with van der Waals surface area (Å²) in [4.78, 5) is 15.4. The van der Waals surface area contributed by atoms with Gasteiger partial charge in [0.15, 0.2) is 0 Å². The number of benzene rings is 2. The molecule has 1 aliphatic heterocycles. The van der Waals surface area contributed by atoms with Crippen LogP contribution in [-0.4, -0.2) is 53.9 Å². The summed E-state index contributed by atoms with van der Waals surface area (Å²) in [5.74, 6) is 0.708. The van der Waals surface area contributed by atoms with Crippen molar-refractivity contribution in [1.82, 2.24) is 20.0 Å². The molecule has 0 saturated carbocycles. The summed E-state index contributed by atoms with van der Waals surface area (Å²) in [7, 11) is 3.59. The maximum atomic E-state index is 13.5. The molecule has 2 heterocycles. The number of para-hydroxylation sites is 2. The molecule has 1 atom stereocenters. The number of methoxy groups -OCH3 is 1. The van der Waals surface area contributed by atoms with Gasteiger partial charge in [-0.25, -0.2) is 4.68 Å². The van der Waals surface area contributed by atoms with Gasteiger partial charge in [-0.1, -0.05) is 30.3 Å². The fraction of sp³-hybridized carbons (Fsp3) is 0.304. The molecule has 0 bridgehead atoms. The van der Waals surface area contributed by atoms with E-state index < -0.39 is 0 Å². The summed E-state index contributed by atoms with van der Waals surface area (Å²) in [5.41, 5.74) is 2.96. The quantitative estimate of drug-likeness (QED) is 0.726. The minimum absolute atomic E-state index is 0.00744. The van der Waals surface area contributed by atoms with E-state index in [0.717, 1.165) is 30.6 Å². The van der Waals surface area contributed by atoms with Gasteiger partial charge in [0.25, 0.3) is 5.91 Å². The molecule has 0 spiro atoms. The third kappa shape index (κ3) is 3.89. The van der Waals surface area contributed by atoms with Crippen LogP contribution in [0.5, 0.6) is 5.75 Å². The van der Waals surface area contributed by atoms with Crippen LogP contribution in [0, 0.1) is 0 Å².